The number of benzene rings is 1. The lowest BCUT2D eigenvalue weighted by molar-refractivity contribution is -0.137. The predicted molar refractivity (Wildman–Crippen MR) is 71.9 cm³/mol. The topological polar surface area (TPSA) is 50.5 Å². The van der Waals surface area contributed by atoms with Crippen molar-refractivity contribution < 1.29 is 18.3 Å². The lowest BCUT2D eigenvalue weighted by atomic mass is 10.1. The second-order valence-corrected chi connectivity index (χ2v) is 4.89. The van der Waals surface area contributed by atoms with Gasteiger partial charge in [-0.2, -0.15) is 18.4 Å². The summed E-state index contributed by atoms with van der Waals surface area (Å²) in [6.45, 7) is 3.36. The normalized spacial score (nSPS) is 16.8. The Morgan fingerprint density at radius 3 is 2.38 bits per heavy atom. The summed E-state index contributed by atoms with van der Waals surface area (Å²) in [5, 5.41) is 18.0. The van der Waals surface area contributed by atoms with Crippen molar-refractivity contribution in [2.75, 3.05) is 44.2 Å². The van der Waals surface area contributed by atoms with Gasteiger partial charge in [0.15, 0.2) is 0 Å². The lowest BCUT2D eigenvalue weighted by Crippen LogP contribution is -2.47. The fraction of sp³-hybridized carbons (Fsp3) is 0.500. The van der Waals surface area contributed by atoms with Crippen LogP contribution in [-0.4, -0.2) is 49.3 Å². The van der Waals surface area contributed by atoms with Crippen molar-refractivity contribution >= 4 is 5.69 Å². The second kappa shape index (κ2) is 6.33. The number of nitrogens with zero attached hydrogens (tertiary/aromatic N) is 3. The van der Waals surface area contributed by atoms with Crippen molar-refractivity contribution in [2.24, 2.45) is 0 Å². The molecule has 0 saturated carbocycles. The summed E-state index contributed by atoms with van der Waals surface area (Å²) >= 11 is 0. The third-order valence-corrected chi connectivity index (χ3v) is 3.57. The van der Waals surface area contributed by atoms with Crippen LogP contribution in [0.2, 0.25) is 0 Å². The zero-order valence-electron chi connectivity index (χ0n) is 11.4. The average molecular weight is 299 g/mol. The van der Waals surface area contributed by atoms with E-state index in [-0.39, 0.29) is 12.2 Å². The van der Waals surface area contributed by atoms with E-state index in [2.05, 4.69) is 4.90 Å². The second-order valence-electron chi connectivity index (χ2n) is 4.89. The van der Waals surface area contributed by atoms with E-state index < -0.39 is 11.7 Å². The van der Waals surface area contributed by atoms with Crippen LogP contribution in [-0.2, 0) is 6.18 Å². The van der Waals surface area contributed by atoms with Crippen LogP contribution in [0, 0.1) is 11.3 Å². The highest BCUT2D eigenvalue weighted by Crippen LogP contribution is 2.32. The number of nitriles is 1. The molecule has 0 amide bonds. The van der Waals surface area contributed by atoms with E-state index in [1.807, 2.05) is 11.0 Å². The van der Waals surface area contributed by atoms with Gasteiger partial charge in [-0.15, -0.1) is 0 Å². The van der Waals surface area contributed by atoms with Gasteiger partial charge in [0, 0.05) is 32.7 Å². The summed E-state index contributed by atoms with van der Waals surface area (Å²) in [7, 11) is 0. The fourth-order valence-electron chi connectivity index (χ4n) is 2.43. The van der Waals surface area contributed by atoms with Crippen LogP contribution in [0.3, 0.4) is 0 Å². The Morgan fingerprint density at radius 2 is 1.86 bits per heavy atom. The first kappa shape index (κ1) is 15.6. The molecule has 1 aliphatic rings. The van der Waals surface area contributed by atoms with Gasteiger partial charge in [-0.25, -0.2) is 0 Å². The van der Waals surface area contributed by atoms with Gasteiger partial charge in [-0.3, -0.25) is 4.90 Å². The van der Waals surface area contributed by atoms with E-state index in [0.29, 0.717) is 38.4 Å². The number of alkyl halides is 3. The minimum absolute atomic E-state index is 0.0421. The third kappa shape index (κ3) is 3.65. The van der Waals surface area contributed by atoms with Crippen LogP contribution >= 0.6 is 0 Å². The van der Waals surface area contributed by atoms with Crippen LogP contribution < -0.4 is 4.90 Å². The Kier molecular flexibility index (Phi) is 4.70. The molecule has 1 saturated heterocycles. The molecule has 1 aromatic rings. The summed E-state index contributed by atoms with van der Waals surface area (Å²) in [5.41, 5.74) is -0.226. The highest BCUT2D eigenvalue weighted by Gasteiger charge is 2.31. The van der Waals surface area contributed by atoms with E-state index in [1.54, 1.807) is 0 Å². The SMILES string of the molecule is N#Cc1cc(C(F)(F)F)ccc1N1CCN(CCO)CC1. The van der Waals surface area contributed by atoms with Crippen molar-refractivity contribution in [3.63, 3.8) is 0 Å². The largest absolute Gasteiger partial charge is 0.416 e. The van der Waals surface area contributed by atoms with Gasteiger partial charge >= 0.3 is 6.18 Å². The zero-order chi connectivity index (χ0) is 15.5. The Balaban J connectivity index is 2.16. The standard InChI is InChI=1S/C14H16F3N3O/c15-14(16,17)12-1-2-13(11(9-12)10-18)20-5-3-19(4-6-20)7-8-21/h1-2,9,21H,3-8H2. The number of halogens is 3. The number of anilines is 1. The van der Waals surface area contributed by atoms with Gasteiger partial charge in [0.1, 0.15) is 6.07 Å². The number of aliphatic hydroxyl groups excluding tert-OH is 1. The minimum Gasteiger partial charge on any atom is -0.395 e. The molecule has 0 unspecified atom stereocenters. The molecule has 21 heavy (non-hydrogen) atoms. The highest BCUT2D eigenvalue weighted by molar-refractivity contribution is 5.61. The summed E-state index contributed by atoms with van der Waals surface area (Å²) in [6.07, 6.45) is -4.44. The maximum absolute atomic E-state index is 12.7. The van der Waals surface area contributed by atoms with Crippen LogP contribution in [0.25, 0.3) is 0 Å². The monoisotopic (exact) mass is 299 g/mol. The van der Waals surface area contributed by atoms with Crippen molar-refractivity contribution in [1.82, 2.24) is 4.90 Å². The van der Waals surface area contributed by atoms with E-state index in [4.69, 9.17) is 10.4 Å². The van der Waals surface area contributed by atoms with Crippen molar-refractivity contribution in [3.8, 4) is 6.07 Å². The number of β-amino-alcohol motifs (C(OH)–C–C–N with tert-alkyl or cyclic N) is 1. The smallest absolute Gasteiger partial charge is 0.395 e. The molecule has 0 aromatic heterocycles. The molecule has 4 nitrogen and oxygen atoms in total. The zero-order valence-corrected chi connectivity index (χ0v) is 11.4. The third-order valence-electron chi connectivity index (χ3n) is 3.57. The minimum atomic E-state index is -4.44. The molecule has 2 rings (SSSR count). The van der Waals surface area contributed by atoms with Gasteiger partial charge < -0.3 is 10.0 Å². The summed E-state index contributed by atoms with van der Waals surface area (Å²) in [4.78, 5) is 3.99. The number of hydrogen-bond acceptors (Lipinski definition) is 4. The summed E-state index contributed by atoms with van der Waals surface area (Å²) in [5.74, 6) is 0. The molecule has 0 spiro atoms. The maximum Gasteiger partial charge on any atom is 0.416 e. The highest BCUT2D eigenvalue weighted by atomic mass is 19.4. The molecular weight excluding hydrogens is 283 g/mol. The lowest BCUT2D eigenvalue weighted by Gasteiger charge is -2.36. The van der Waals surface area contributed by atoms with Crippen molar-refractivity contribution in [3.05, 3.63) is 29.3 Å². The molecule has 114 valence electrons. The quantitative estimate of drug-likeness (QED) is 0.923. The number of piperazine rings is 1. The molecule has 0 bridgehead atoms. The molecule has 0 radical (unpaired) electrons. The van der Waals surface area contributed by atoms with Crippen LogP contribution in [0.15, 0.2) is 18.2 Å². The van der Waals surface area contributed by atoms with E-state index in [0.717, 1.165) is 12.1 Å². The number of hydrogen-bond donors (Lipinski definition) is 1. The van der Waals surface area contributed by atoms with Crippen molar-refractivity contribution in [2.45, 2.75) is 6.18 Å². The molecule has 0 atom stereocenters. The molecule has 1 fully saturated rings. The first-order chi connectivity index (χ1) is 9.95. The van der Waals surface area contributed by atoms with E-state index >= 15 is 0 Å². The molecular formula is C14H16F3N3O. The number of rotatable bonds is 3. The average Bonchev–Trinajstić information content (AvgIpc) is 2.47. The van der Waals surface area contributed by atoms with E-state index in [9.17, 15) is 13.2 Å². The van der Waals surface area contributed by atoms with Crippen molar-refractivity contribution in [1.29, 1.82) is 5.26 Å². The van der Waals surface area contributed by atoms with E-state index in [1.165, 1.54) is 6.07 Å². The van der Waals surface area contributed by atoms with Crippen LogP contribution in [0.4, 0.5) is 18.9 Å². The maximum atomic E-state index is 12.7. The fourth-order valence-corrected chi connectivity index (χ4v) is 2.43. The first-order valence-electron chi connectivity index (χ1n) is 6.65. The van der Waals surface area contributed by atoms with Gasteiger partial charge in [0.2, 0.25) is 0 Å². The Labute approximate surface area is 121 Å². The first-order valence-corrected chi connectivity index (χ1v) is 6.65. The van der Waals surface area contributed by atoms with Gasteiger partial charge in [-0.1, -0.05) is 0 Å². The Morgan fingerprint density at radius 1 is 1.19 bits per heavy atom. The van der Waals surface area contributed by atoms with Gasteiger partial charge in [-0.05, 0) is 18.2 Å². The number of aliphatic hydroxyl groups is 1. The molecule has 0 aliphatic carbocycles. The predicted octanol–water partition coefficient (Wildman–Crippen LogP) is 1.69. The van der Waals surface area contributed by atoms with Crippen LogP contribution in [0.1, 0.15) is 11.1 Å². The van der Waals surface area contributed by atoms with Gasteiger partial charge in [0.05, 0.1) is 23.4 Å². The van der Waals surface area contributed by atoms with Crippen LogP contribution in [0.5, 0.6) is 0 Å². The molecule has 1 aliphatic heterocycles. The summed E-state index contributed by atoms with van der Waals surface area (Å²) < 4.78 is 38.0. The molecule has 7 heteroatoms. The Bertz CT molecular complexity index is 531. The molecule has 1 aromatic carbocycles. The Hall–Kier alpha value is -1.78. The van der Waals surface area contributed by atoms with Gasteiger partial charge in [0.25, 0.3) is 0 Å². The summed E-state index contributed by atoms with van der Waals surface area (Å²) in [6, 6.07) is 5.12. The molecule has 1 N–H and O–H groups in total. The molecule has 1 heterocycles.